The Labute approximate surface area is 193 Å². The quantitative estimate of drug-likeness (QED) is 0.515. The van der Waals surface area contributed by atoms with Crippen molar-refractivity contribution in [2.24, 2.45) is 0 Å². The number of amides is 1. The van der Waals surface area contributed by atoms with Gasteiger partial charge in [0.2, 0.25) is 0 Å². The highest BCUT2D eigenvalue weighted by Crippen LogP contribution is 2.23. The third kappa shape index (κ3) is 6.54. The zero-order valence-corrected chi connectivity index (χ0v) is 19.5. The third-order valence-electron chi connectivity index (χ3n) is 5.70. The molecule has 2 aromatic carbocycles. The van der Waals surface area contributed by atoms with Crippen molar-refractivity contribution in [1.29, 1.82) is 0 Å². The number of halogens is 1. The van der Waals surface area contributed by atoms with Gasteiger partial charge in [-0.2, -0.15) is 0 Å². The molecule has 1 saturated heterocycles. The van der Waals surface area contributed by atoms with Gasteiger partial charge in [0, 0.05) is 12.1 Å². The second kappa shape index (κ2) is 10.8. The normalized spacial score (nSPS) is 17.8. The standard InChI is InChI=1S/C24H28FNO6S/c1-3-17(2)26(20-12-13-33(29,30)16-20)23(27)15-32-24(28)21-6-4-5-7-22(21)31-14-18-8-10-19(25)11-9-18/h4-11,17,20H,3,12-16H2,1-2H3. The number of benzene rings is 2. The first-order chi connectivity index (χ1) is 15.7. The first kappa shape index (κ1) is 24.7. The Hall–Kier alpha value is -2.94. The van der Waals surface area contributed by atoms with Gasteiger partial charge in [-0.1, -0.05) is 31.2 Å². The van der Waals surface area contributed by atoms with E-state index in [4.69, 9.17) is 9.47 Å². The van der Waals surface area contributed by atoms with Gasteiger partial charge >= 0.3 is 5.97 Å². The van der Waals surface area contributed by atoms with E-state index in [2.05, 4.69) is 0 Å². The predicted molar refractivity (Wildman–Crippen MR) is 121 cm³/mol. The van der Waals surface area contributed by atoms with Crippen LogP contribution in [0, 0.1) is 5.82 Å². The highest BCUT2D eigenvalue weighted by atomic mass is 32.2. The summed E-state index contributed by atoms with van der Waals surface area (Å²) in [5.74, 6) is -1.24. The molecule has 0 aromatic heterocycles. The monoisotopic (exact) mass is 477 g/mol. The van der Waals surface area contributed by atoms with E-state index in [9.17, 15) is 22.4 Å². The van der Waals surface area contributed by atoms with Gasteiger partial charge in [-0.15, -0.1) is 0 Å². The zero-order valence-electron chi connectivity index (χ0n) is 18.7. The summed E-state index contributed by atoms with van der Waals surface area (Å²) in [6.45, 7) is 3.39. The number of para-hydroxylation sites is 1. The van der Waals surface area contributed by atoms with E-state index >= 15 is 0 Å². The molecule has 0 aliphatic carbocycles. The van der Waals surface area contributed by atoms with Crippen LogP contribution in [0.1, 0.15) is 42.6 Å². The van der Waals surface area contributed by atoms with Crippen molar-refractivity contribution in [3.63, 3.8) is 0 Å². The van der Waals surface area contributed by atoms with Gasteiger partial charge in [-0.25, -0.2) is 17.6 Å². The first-order valence-corrected chi connectivity index (χ1v) is 12.7. The van der Waals surface area contributed by atoms with Crippen molar-refractivity contribution in [2.45, 2.75) is 45.4 Å². The molecule has 3 rings (SSSR count). The second-order valence-electron chi connectivity index (χ2n) is 8.10. The van der Waals surface area contributed by atoms with Crippen LogP contribution in [0.4, 0.5) is 4.39 Å². The van der Waals surface area contributed by atoms with E-state index in [1.54, 1.807) is 30.3 Å². The van der Waals surface area contributed by atoms with E-state index in [1.807, 2.05) is 13.8 Å². The number of sulfone groups is 1. The number of hydrogen-bond acceptors (Lipinski definition) is 6. The lowest BCUT2D eigenvalue weighted by atomic mass is 10.1. The summed E-state index contributed by atoms with van der Waals surface area (Å²) in [6, 6.07) is 11.7. The molecular formula is C24H28FNO6S. The molecule has 0 N–H and O–H groups in total. The largest absolute Gasteiger partial charge is 0.488 e. The number of nitrogens with zero attached hydrogens (tertiary/aromatic N) is 1. The molecule has 0 saturated carbocycles. The average molecular weight is 478 g/mol. The van der Waals surface area contributed by atoms with Gasteiger partial charge < -0.3 is 14.4 Å². The van der Waals surface area contributed by atoms with E-state index in [1.165, 1.54) is 23.1 Å². The Kier molecular flexibility index (Phi) is 8.07. The molecule has 33 heavy (non-hydrogen) atoms. The van der Waals surface area contributed by atoms with Crippen LogP contribution >= 0.6 is 0 Å². The molecule has 2 unspecified atom stereocenters. The van der Waals surface area contributed by atoms with Crippen LogP contribution in [-0.2, 0) is 26.0 Å². The van der Waals surface area contributed by atoms with Crippen molar-refractivity contribution in [3.05, 3.63) is 65.5 Å². The van der Waals surface area contributed by atoms with E-state index in [0.717, 1.165) is 5.56 Å². The van der Waals surface area contributed by atoms with Gasteiger partial charge in [0.25, 0.3) is 5.91 Å². The van der Waals surface area contributed by atoms with Crippen LogP contribution in [0.25, 0.3) is 0 Å². The molecule has 1 aliphatic rings. The van der Waals surface area contributed by atoms with Crippen LogP contribution in [0.15, 0.2) is 48.5 Å². The highest BCUT2D eigenvalue weighted by molar-refractivity contribution is 7.91. The lowest BCUT2D eigenvalue weighted by Crippen LogP contribution is -2.48. The number of carbonyl (C=O) groups excluding carboxylic acids is 2. The van der Waals surface area contributed by atoms with E-state index in [0.29, 0.717) is 12.8 Å². The lowest BCUT2D eigenvalue weighted by Gasteiger charge is -2.33. The number of carbonyl (C=O) groups is 2. The summed E-state index contributed by atoms with van der Waals surface area (Å²) in [4.78, 5) is 27.1. The summed E-state index contributed by atoms with van der Waals surface area (Å²) in [6.07, 6.45) is 1.03. The van der Waals surface area contributed by atoms with Crippen molar-refractivity contribution in [3.8, 4) is 5.75 Å². The summed E-state index contributed by atoms with van der Waals surface area (Å²) in [7, 11) is -3.17. The second-order valence-corrected chi connectivity index (χ2v) is 10.3. The number of rotatable bonds is 9. The van der Waals surface area contributed by atoms with Gasteiger partial charge in [0.15, 0.2) is 16.4 Å². The molecule has 9 heteroatoms. The van der Waals surface area contributed by atoms with E-state index < -0.39 is 34.4 Å². The molecule has 1 amide bonds. The topological polar surface area (TPSA) is 90.0 Å². The average Bonchev–Trinajstić information content (AvgIpc) is 3.16. The Morgan fingerprint density at radius 3 is 2.48 bits per heavy atom. The predicted octanol–water partition coefficient (Wildman–Crippen LogP) is 3.38. The maximum Gasteiger partial charge on any atom is 0.342 e. The fourth-order valence-electron chi connectivity index (χ4n) is 3.78. The number of ether oxygens (including phenoxy) is 2. The molecule has 1 fully saturated rings. The third-order valence-corrected chi connectivity index (χ3v) is 7.45. The molecule has 0 spiro atoms. The fourth-order valence-corrected chi connectivity index (χ4v) is 5.49. The van der Waals surface area contributed by atoms with Crippen LogP contribution in [0.5, 0.6) is 5.75 Å². The molecule has 2 aromatic rings. The fraction of sp³-hybridized carbons (Fsp3) is 0.417. The van der Waals surface area contributed by atoms with Crippen LogP contribution in [0.3, 0.4) is 0 Å². The minimum Gasteiger partial charge on any atom is -0.488 e. The summed E-state index contributed by atoms with van der Waals surface area (Å²) in [5, 5.41) is 0. The van der Waals surface area contributed by atoms with Crippen LogP contribution < -0.4 is 4.74 Å². The molecule has 0 bridgehead atoms. The maximum atomic E-state index is 13.1. The summed E-state index contributed by atoms with van der Waals surface area (Å²) < 4.78 is 47.8. The van der Waals surface area contributed by atoms with Crippen molar-refractivity contribution >= 4 is 21.7 Å². The minimum absolute atomic E-state index is 0.0520. The molecule has 178 valence electrons. The Balaban J connectivity index is 1.64. The highest BCUT2D eigenvalue weighted by Gasteiger charge is 2.36. The molecule has 1 heterocycles. The van der Waals surface area contributed by atoms with Gasteiger partial charge in [-0.3, -0.25) is 4.79 Å². The number of esters is 1. The van der Waals surface area contributed by atoms with Crippen molar-refractivity contribution in [1.82, 2.24) is 4.90 Å². The van der Waals surface area contributed by atoms with Gasteiger partial charge in [-0.05, 0) is 49.6 Å². The molecule has 7 nitrogen and oxygen atoms in total. The van der Waals surface area contributed by atoms with Crippen LogP contribution in [0.2, 0.25) is 0 Å². The van der Waals surface area contributed by atoms with Crippen LogP contribution in [-0.4, -0.2) is 55.4 Å². The smallest absolute Gasteiger partial charge is 0.342 e. The summed E-state index contributed by atoms with van der Waals surface area (Å²) >= 11 is 0. The first-order valence-electron chi connectivity index (χ1n) is 10.8. The van der Waals surface area contributed by atoms with Crippen molar-refractivity contribution in [2.75, 3.05) is 18.1 Å². The maximum absolute atomic E-state index is 13.1. The van der Waals surface area contributed by atoms with Gasteiger partial charge in [0.1, 0.15) is 23.7 Å². The molecule has 1 aliphatic heterocycles. The molecule has 2 atom stereocenters. The lowest BCUT2D eigenvalue weighted by molar-refractivity contribution is -0.138. The minimum atomic E-state index is -3.17. The summed E-state index contributed by atoms with van der Waals surface area (Å²) in [5.41, 5.74) is 0.886. The molecular weight excluding hydrogens is 449 g/mol. The molecule has 0 radical (unpaired) electrons. The Bertz CT molecular complexity index is 1090. The Morgan fingerprint density at radius 2 is 1.85 bits per heavy atom. The number of hydrogen-bond donors (Lipinski definition) is 0. The van der Waals surface area contributed by atoms with E-state index in [-0.39, 0.29) is 41.3 Å². The van der Waals surface area contributed by atoms with Gasteiger partial charge in [0.05, 0.1) is 11.5 Å². The van der Waals surface area contributed by atoms with Crippen molar-refractivity contribution < 1.29 is 31.9 Å². The zero-order chi connectivity index (χ0) is 24.0. The SMILES string of the molecule is CCC(C)N(C(=O)COC(=O)c1ccccc1OCc1ccc(F)cc1)C1CCS(=O)(=O)C1. The Morgan fingerprint density at radius 1 is 1.15 bits per heavy atom.